The zero-order valence-corrected chi connectivity index (χ0v) is 16.5. The van der Waals surface area contributed by atoms with Gasteiger partial charge in [-0.1, -0.05) is 11.8 Å². The summed E-state index contributed by atoms with van der Waals surface area (Å²) in [5, 5.41) is 14.1. The van der Waals surface area contributed by atoms with E-state index < -0.39 is 53.3 Å². The fourth-order valence-electron chi connectivity index (χ4n) is 3.63. The number of likely N-dealkylation sites (N-methyl/N-ethyl adjacent to an activating group) is 1. The van der Waals surface area contributed by atoms with E-state index in [1.54, 1.807) is 0 Å². The summed E-state index contributed by atoms with van der Waals surface area (Å²) < 4.78 is 61.5. The van der Waals surface area contributed by atoms with Gasteiger partial charge in [-0.15, -0.1) is 0 Å². The van der Waals surface area contributed by atoms with Gasteiger partial charge in [0.1, 0.15) is 23.6 Å². The molecule has 0 unspecified atom stereocenters. The largest absolute Gasteiger partial charge is 0.488 e. The number of amides is 2. The second kappa shape index (κ2) is 7.23. The number of halogens is 4. The van der Waals surface area contributed by atoms with Crippen LogP contribution in [0.1, 0.15) is 39.9 Å². The van der Waals surface area contributed by atoms with Crippen LogP contribution in [0.3, 0.4) is 0 Å². The molecule has 0 saturated carbocycles. The summed E-state index contributed by atoms with van der Waals surface area (Å²) in [6, 6.07) is 4.03. The molecule has 2 atom stereocenters. The Bertz CT molecular complexity index is 1200. The lowest BCUT2D eigenvalue weighted by Crippen LogP contribution is -2.37. The van der Waals surface area contributed by atoms with E-state index in [4.69, 9.17) is 10.5 Å². The summed E-state index contributed by atoms with van der Waals surface area (Å²) in [6.45, 7) is -0.432. The first-order valence-corrected chi connectivity index (χ1v) is 9.34. The van der Waals surface area contributed by atoms with Gasteiger partial charge in [0.25, 0.3) is 11.8 Å². The molecule has 12 heteroatoms. The van der Waals surface area contributed by atoms with Crippen molar-refractivity contribution in [2.75, 3.05) is 20.2 Å². The van der Waals surface area contributed by atoms with Crippen molar-refractivity contribution in [1.82, 2.24) is 14.7 Å². The van der Waals surface area contributed by atoms with E-state index in [0.29, 0.717) is 11.2 Å². The number of primary amides is 1. The lowest BCUT2D eigenvalue weighted by Gasteiger charge is -2.13. The molecule has 4 rings (SSSR count). The first-order valence-electron chi connectivity index (χ1n) is 9.34. The van der Waals surface area contributed by atoms with Crippen LogP contribution in [0.4, 0.5) is 17.6 Å². The number of likely N-dealkylation sites (tertiary alicyclic amines) is 1. The highest BCUT2D eigenvalue weighted by Gasteiger charge is 2.45. The number of alkyl halides is 4. The van der Waals surface area contributed by atoms with Crippen molar-refractivity contribution >= 4 is 11.8 Å². The van der Waals surface area contributed by atoms with E-state index in [2.05, 4.69) is 16.9 Å². The van der Waals surface area contributed by atoms with Crippen LogP contribution in [-0.2, 0) is 11.0 Å². The smallest absolute Gasteiger partial charge is 0.420 e. The van der Waals surface area contributed by atoms with Crippen LogP contribution in [0.2, 0.25) is 0 Å². The van der Waals surface area contributed by atoms with Crippen molar-refractivity contribution in [3.05, 3.63) is 40.7 Å². The Balaban J connectivity index is 1.86. The molecular formula is C20H16F4N4O4. The molecule has 2 amide bonds. The highest BCUT2D eigenvalue weighted by atomic mass is 19.4. The number of rotatable bonds is 1. The van der Waals surface area contributed by atoms with Crippen molar-refractivity contribution in [3.63, 3.8) is 0 Å². The van der Waals surface area contributed by atoms with Crippen molar-refractivity contribution in [3.8, 4) is 23.3 Å². The number of aliphatic hydroxyl groups is 1. The highest BCUT2D eigenvalue weighted by Crippen LogP contribution is 2.42. The highest BCUT2D eigenvalue weighted by molar-refractivity contribution is 5.93. The molecule has 2 aliphatic heterocycles. The molecule has 0 radical (unpaired) electrons. The van der Waals surface area contributed by atoms with Gasteiger partial charge < -0.3 is 20.5 Å². The molecule has 0 aliphatic carbocycles. The molecule has 1 aromatic carbocycles. The maximum atomic E-state index is 14.7. The maximum Gasteiger partial charge on any atom is 0.420 e. The molecule has 1 fully saturated rings. The minimum absolute atomic E-state index is 0.000386. The molecule has 3 heterocycles. The van der Waals surface area contributed by atoms with Crippen molar-refractivity contribution in [2.45, 2.75) is 24.4 Å². The van der Waals surface area contributed by atoms with Gasteiger partial charge in [0.2, 0.25) is 5.60 Å². The van der Waals surface area contributed by atoms with Gasteiger partial charge in [-0.05, 0) is 18.2 Å². The summed E-state index contributed by atoms with van der Waals surface area (Å²) in [6.07, 6.45) is -7.25. The number of nitrogens with two attached hydrogens (primary N) is 1. The molecule has 0 bridgehead atoms. The van der Waals surface area contributed by atoms with Crippen molar-refractivity contribution in [2.24, 2.45) is 5.73 Å². The van der Waals surface area contributed by atoms with Crippen LogP contribution in [0.25, 0.3) is 5.69 Å². The zero-order valence-electron chi connectivity index (χ0n) is 16.5. The van der Waals surface area contributed by atoms with E-state index in [1.165, 1.54) is 30.1 Å². The Morgan fingerprint density at radius 3 is 2.72 bits per heavy atom. The lowest BCUT2D eigenvalue weighted by molar-refractivity contribution is -0.139. The van der Waals surface area contributed by atoms with Crippen LogP contribution < -0.4 is 10.5 Å². The standard InChI is InChI=1S/C20H16F4N4O4/c1-27-7-6-19(31,18(27)30)5-4-10-2-3-13-12(8-10)28-16(11(21)9-32-13)14(20(22,23)24)15(26-28)17(25)29/h2-3,8,11,31H,6-7,9H2,1H3,(H2,25,29)/t11-,19-/m0/s1. The normalized spacial score (nSPS) is 22.4. The van der Waals surface area contributed by atoms with Gasteiger partial charge >= 0.3 is 6.18 Å². The van der Waals surface area contributed by atoms with E-state index in [9.17, 15) is 32.3 Å². The predicted molar refractivity (Wildman–Crippen MR) is 101 cm³/mol. The number of hydrogen-bond acceptors (Lipinski definition) is 5. The number of carbonyl (C=O) groups is 2. The summed E-state index contributed by atoms with van der Waals surface area (Å²) in [7, 11) is 1.52. The summed E-state index contributed by atoms with van der Waals surface area (Å²) in [5.41, 5.74) is -0.345. The SMILES string of the molecule is CN1CC[C@@](O)(C#Cc2ccc3c(c2)-n2nc(C(N)=O)c(C(F)(F)F)c2[C@@H](F)CO3)C1=O. The first kappa shape index (κ1) is 21.6. The fourth-order valence-corrected chi connectivity index (χ4v) is 3.63. The number of ether oxygens (including phenoxy) is 1. The first-order chi connectivity index (χ1) is 14.9. The summed E-state index contributed by atoms with van der Waals surface area (Å²) in [4.78, 5) is 25.0. The molecule has 1 saturated heterocycles. The molecule has 0 spiro atoms. The van der Waals surface area contributed by atoms with Crippen molar-refractivity contribution < 1.29 is 37.0 Å². The Labute approximate surface area is 178 Å². The number of carbonyl (C=O) groups excluding carboxylic acids is 2. The lowest BCUT2D eigenvalue weighted by atomic mass is 10.0. The van der Waals surface area contributed by atoms with Crippen LogP contribution in [0.15, 0.2) is 18.2 Å². The van der Waals surface area contributed by atoms with Gasteiger partial charge in [0.05, 0.1) is 5.69 Å². The molecule has 2 aromatic rings. The Morgan fingerprint density at radius 2 is 2.12 bits per heavy atom. The van der Waals surface area contributed by atoms with Crippen molar-refractivity contribution in [1.29, 1.82) is 0 Å². The van der Waals surface area contributed by atoms with Crippen LogP contribution >= 0.6 is 0 Å². The van der Waals surface area contributed by atoms with E-state index in [0.717, 1.165) is 0 Å². The number of fused-ring (bicyclic) bond motifs is 3. The molecule has 3 N–H and O–H groups in total. The fraction of sp³-hybridized carbons (Fsp3) is 0.350. The van der Waals surface area contributed by atoms with Crippen LogP contribution in [0.5, 0.6) is 5.75 Å². The molecule has 8 nitrogen and oxygen atoms in total. The molecule has 1 aromatic heterocycles. The second-order valence-electron chi connectivity index (χ2n) is 7.43. The van der Waals surface area contributed by atoms with E-state index in [-0.39, 0.29) is 23.4 Å². The summed E-state index contributed by atoms with van der Waals surface area (Å²) in [5.74, 6) is 3.06. The summed E-state index contributed by atoms with van der Waals surface area (Å²) >= 11 is 0. The van der Waals surface area contributed by atoms with Crippen LogP contribution in [0, 0.1) is 11.8 Å². The average molecular weight is 452 g/mol. The monoisotopic (exact) mass is 452 g/mol. The molecular weight excluding hydrogens is 436 g/mol. The third kappa shape index (κ3) is 3.44. The Hall–Kier alpha value is -3.59. The van der Waals surface area contributed by atoms with E-state index >= 15 is 0 Å². The zero-order chi connectivity index (χ0) is 23.4. The second-order valence-corrected chi connectivity index (χ2v) is 7.43. The van der Waals surface area contributed by atoms with Gasteiger partial charge in [0, 0.05) is 25.6 Å². The average Bonchev–Trinajstić information content (AvgIpc) is 3.21. The number of aromatic nitrogens is 2. The molecule has 32 heavy (non-hydrogen) atoms. The minimum Gasteiger partial charge on any atom is -0.488 e. The van der Waals surface area contributed by atoms with Crippen LogP contribution in [-0.4, -0.2) is 57.4 Å². The molecule has 2 aliphatic rings. The Kier molecular flexibility index (Phi) is 4.89. The minimum atomic E-state index is -5.09. The third-order valence-electron chi connectivity index (χ3n) is 5.23. The van der Waals surface area contributed by atoms with Gasteiger partial charge in [-0.3, -0.25) is 9.59 Å². The predicted octanol–water partition coefficient (Wildman–Crippen LogP) is 1.34. The number of hydrogen-bond donors (Lipinski definition) is 2. The topological polar surface area (TPSA) is 111 Å². The Morgan fingerprint density at radius 1 is 1.41 bits per heavy atom. The molecule has 168 valence electrons. The number of benzene rings is 1. The van der Waals surface area contributed by atoms with Gasteiger partial charge in [-0.2, -0.15) is 18.3 Å². The number of nitrogens with zero attached hydrogens (tertiary/aromatic N) is 3. The van der Waals surface area contributed by atoms with Gasteiger partial charge in [0.15, 0.2) is 11.9 Å². The van der Waals surface area contributed by atoms with E-state index in [1.807, 2.05) is 0 Å². The van der Waals surface area contributed by atoms with Gasteiger partial charge in [-0.25, -0.2) is 9.07 Å². The maximum absolute atomic E-state index is 14.7. The quantitative estimate of drug-likeness (QED) is 0.501. The third-order valence-corrected chi connectivity index (χ3v) is 5.23.